The maximum absolute atomic E-state index is 14.2. The highest BCUT2D eigenvalue weighted by Crippen LogP contribution is 2.30. The quantitative estimate of drug-likeness (QED) is 0.379. The summed E-state index contributed by atoms with van der Waals surface area (Å²) in [6.07, 6.45) is 1.38. The lowest BCUT2D eigenvalue weighted by atomic mass is 9.98. The summed E-state index contributed by atoms with van der Waals surface area (Å²) in [5.41, 5.74) is 0.231. The molecule has 0 radical (unpaired) electrons. The van der Waals surface area contributed by atoms with Gasteiger partial charge in [0.15, 0.2) is 6.73 Å². The molecule has 0 aliphatic heterocycles. The van der Waals surface area contributed by atoms with E-state index in [0.717, 1.165) is 15.7 Å². The first-order valence-electron chi connectivity index (χ1n) is 10.4. The van der Waals surface area contributed by atoms with Crippen molar-refractivity contribution in [2.75, 3.05) is 0 Å². The highest BCUT2D eigenvalue weighted by molar-refractivity contribution is 6.33. The van der Waals surface area contributed by atoms with E-state index in [-0.39, 0.29) is 16.1 Å². The Balaban J connectivity index is 2.05. The molecular weight excluding hydrogens is 459 g/mol. The molecule has 0 bridgehead atoms. The summed E-state index contributed by atoms with van der Waals surface area (Å²) < 4.78 is 21.4. The van der Waals surface area contributed by atoms with Gasteiger partial charge in [-0.15, -0.1) is 0 Å². The third kappa shape index (κ3) is 4.56. The van der Waals surface area contributed by atoms with Crippen LogP contribution in [0.5, 0.6) is 0 Å². The van der Waals surface area contributed by atoms with Crippen LogP contribution in [0, 0.1) is 5.82 Å². The van der Waals surface area contributed by atoms with E-state index in [1.165, 1.54) is 35.9 Å². The summed E-state index contributed by atoms with van der Waals surface area (Å²) in [6.45, 7) is 0.581. The Morgan fingerprint density at radius 3 is 2.06 bits per heavy atom. The van der Waals surface area contributed by atoms with Crippen LogP contribution in [0.15, 0.2) is 94.6 Å². The fraction of sp³-hybridized carbons (Fsp3) is 0.115. The zero-order valence-corrected chi connectivity index (χ0v) is 18.9. The Morgan fingerprint density at radius 1 is 0.912 bits per heavy atom. The number of carbonyl (C=O) groups is 1. The zero-order valence-electron chi connectivity index (χ0n) is 18.2. The summed E-state index contributed by atoms with van der Waals surface area (Å²) in [4.78, 5) is 38.3. The van der Waals surface area contributed by atoms with E-state index < -0.39 is 35.8 Å². The first-order chi connectivity index (χ1) is 16.4. The van der Waals surface area contributed by atoms with Crippen molar-refractivity contribution in [1.29, 1.82) is 0 Å². The van der Waals surface area contributed by atoms with Crippen molar-refractivity contribution in [2.45, 2.75) is 19.7 Å². The molecule has 0 aliphatic carbocycles. The maximum Gasteiger partial charge on any atom is 0.334 e. The molecule has 4 aromatic rings. The first-order valence-corrected chi connectivity index (χ1v) is 10.8. The lowest BCUT2D eigenvalue weighted by Crippen LogP contribution is -2.42. The summed E-state index contributed by atoms with van der Waals surface area (Å²) in [6, 6.07) is 22.0. The molecule has 6 nitrogen and oxygen atoms in total. The van der Waals surface area contributed by atoms with Crippen molar-refractivity contribution in [2.24, 2.45) is 0 Å². The lowest BCUT2D eigenvalue weighted by Gasteiger charge is -2.23. The van der Waals surface area contributed by atoms with E-state index >= 15 is 0 Å². The molecule has 0 amide bonds. The Labute approximate surface area is 199 Å². The van der Waals surface area contributed by atoms with Gasteiger partial charge in [-0.05, 0) is 17.2 Å². The van der Waals surface area contributed by atoms with Gasteiger partial charge in [-0.1, -0.05) is 84.4 Å². The van der Waals surface area contributed by atoms with E-state index in [0.29, 0.717) is 0 Å². The van der Waals surface area contributed by atoms with Crippen LogP contribution in [0.25, 0.3) is 11.1 Å². The van der Waals surface area contributed by atoms with E-state index in [4.69, 9.17) is 16.3 Å². The summed E-state index contributed by atoms with van der Waals surface area (Å²) in [5, 5.41) is -0.250. The highest BCUT2D eigenvalue weighted by atomic mass is 35.5. The number of esters is 1. The molecular formula is C26H20ClFN2O4. The Morgan fingerprint density at radius 2 is 1.50 bits per heavy atom. The molecule has 0 fully saturated rings. The van der Waals surface area contributed by atoms with Gasteiger partial charge in [0.2, 0.25) is 0 Å². The van der Waals surface area contributed by atoms with Crippen molar-refractivity contribution in [3.8, 4) is 11.1 Å². The molecule has 8 heteroatoms. The van der Waals surface area contributed by atoms with Crippen LogP contribution >= 0.6 is 11.6 Å². The molecule has 172 valence electrons. The Kier molecular flexibility index (Phi) is 6.75. The number of aromatic nitrogens is 2. The Hall–Kier alpha value is -3.97. The number of benzene rings is 3. The van der Waals surface area contributed by atoms with Crippen LogP contribution < -0.4 is 11.2 Å². The molecule has 1 heterocycles. The number of nitrogens with zero attached hydrogens (tertiary/aromatic N) is 2. The molecule has 0 atom stereocenters. The standard InChI is InChI=1S/C26H20ClFN2O4/c1-17(31)34-16-30-25(32)21(20-13-8-14-22(28)23(20)27)15-29(26(30)33)24(18-9-4-2-5-10-18)19-11-6-3-7-12-19/h2-15,24H,16H2,1H3. The van der Waals surface area contributed by atoms with Crippen LogP contribution in [0.1, 0.15) is 24.1 Å². The van der Waals surface area contributed by atoms with Crippen LogP contribution in [-0.4, -0.2) is 15.1 Å². The number of carbonyl (C=O) groups excluding carboxylic acids is 1. The predicted molar refractivity (Wildman–Crippen MR) is 127 cm³/mol. The normalized spacial score (nSPS) is 10.9. The smallest absolute Gasteiger partial charge is 0.334 e. The van der Waals surface area contributed by atoms with Gasteiger partial charge in [-0.3, -0.25) is 14.2 Å². The molecule has 0 N–H and O–H groups in total. The van der Waals surface area contributed by atoms with Crippen molar-refractivity contribution in [3.63, 3.8) is 0 Å². The molecule has 0 spiro atoms. The minimum absolute atomic E-state index is 0.00638. The minimum atomic E-state index is -0.755. The van der Waals surface area contributed by atoms with Crippen molar-refractivity contribution >= 4 is 17.6 Å². The second kappa shape index (κ2) is 9.89. The average molecular weight is 479 g/mol. The van der Waals surface area contributed by atoms with Crippen LogP contribution in [0.2, 0.25) is 5.02 Å². The fourth-order valence-corrected chi connectivity index (χ4v) is 3.98. The number of halogens is 2. The van der Waals surface area contributed by atoms with Crippen LogP contribution in [0.4, 0.5) is 4.39 Å². The minimum Gasteiger partial charge on any atom is -0.444 e. The Bertz CT molecular complexity index is 1410. The van der Waals surface area contributed by atoms with Crippen LogP contribution in [-0.2, 0) is 16.3 Å². The maximum atomic E-state index is 14.2. The molecule has 0 saturated carbocycles. The monoisotopic (exact) mass is 478 g/mol. The van der Waals surface area contributed by atoms with Crippen LogP contribution in [0.3, 0.4) is 0 Å². The van der Waals surface area contributed by atoms with E-state index in [9.17, 15) is 18.8 Å². The topological polar surface area (TPSA) is 70.3 Å². The molecule has 0 saturated heterocycles. The summed E-state index contributed by atoms with van der Waals surface area (Å²) in [7, 11) is 0. The predicted octanol–water partition coefficient (Wildman–Crippen LogP) is 4.63. The number of ether oxygens (including phenoxy) is 1. The van der Waals surface area contributed by atoms with Gasteiger partial charge in [-0.2, -0.15) is 0 Å². The SMILES string of the molecule is CC(=O)OCn1c(=O)c(-c2cccc(F)c2Cl)cn(C(c2ccccc2)c2ccccc2)c1=O. The van der Waals surface area contributed by atoms with Crippen molar-refractivity contribution < 1.29 is 13.9 Å². The second-order valence-electron chi connectivity index (χ2n) is 7.56. The van der Waals surface area contributed by atoms with Gasteiger partial charge in [0.25, 0.3) is 5.56 Å². The van der Waals surface area contributed by atoms with E-state index in [2.05, 4.69) is 0 Å². The molecule has 34 heavy (non-hydrogen) atoms. The number of rotatable bonds is 6. The molecule has 0 unspecified atom stereocenters. The first kappa shape index (κ1) is 23.2. The number of hydrogen-bond acceptors (Lipinski definition) is 4. The van der Waals surface area contributed by atoms with Crippen molar-refractivity contribution in [1.82, 2.24) is 9.13 Å². The van der Waals surface area contributed by atoms with E-state index in [1.807, 2.05) is 60.7 Å². The van der Waals surface area contributed by atoms with Gasteiger partial charge in [-0.25, -0.2) is 13.8 Å². The van der Waals surface area contributed by atoms with Gasteiger partial charge in [0.1, 0.15) is 5.82 Å². The molecule has 1 aromatic heterocycles. The van der Waals surface area contributed by atoms with E-state index in [1.54, 1.807) is 0 Å². The molecule has 4 rings (SSSR count). The van der Waals surface area contributed by atoms with Gasteiger partial charge >= 0.3 is 11.7 Å². The summed E-state index contributed by atoms with van der Waals surface area (Å²) in [5.74, 6) is -1.36. The third-order valence-electron chi connectivity index (χ3n) is 5.34. The molecule has 0 aliphatic rings. The van der Waals surface area contributed by atoms with Gasteiger partial charge in [0.05, 0.1) is 16.6 Å². The van der Waals surface area contributed by atoms with Crippen molar-refractivity contribution in [3.05, 3.63) is 128 Å². The highest BCUT2D eigenvalue weighted by Gasteiger charge is 2.23. The van der Waals surface area contributed by atoms with Gasteiger partial charge in [0, 0.05) is 18.7 Å². The fourth-order valence-electron chi connectivity index (χ4n) is 3.76. The van der Waals surface area contributed by atoms with Gasteiger partial charge < -0.3 is 4.74 Å². The molecule has 3 aromatic carbocycles. The third-order valence-corrected chi connectivity index (χ3v) is 5.73. The summed E-state index contributed by atoms with van der Waals surface area (Å²) >= 11 is 6.19. The second-order valence-corrected chi connectivity index (χ2v) is 7.93. The number of hydrogen-bond donors (Lipinski definition) is 0. The largest absolute Gasteiger partial charge is 0.444 e. The average Bonchev–Trinajstić information content (AvgIpc) is 2.84. The lowest BCUT2D eigenvalue weighted by molar-refractivity contribution is -0.144. The zero-order chi connectivity index (χ0) is 24.2.